The molecule has 3 aromatic carbocycles. The molecule has 4 amide bonds. The van der Waals surface area contributed by atoms with Gasteiger partial charge >= 0.3 is 18.4 Å². The molecule has 18 heteroatoms. The highest BCUT2D eigenvalue weighted by molar-refractivity contribution is 5.87. The van der Waals surface area contributed by atoms with Crippen molar-refractivity contribution in [2.45, 2.75) is 109 Å². The number of hydrogen-bond acceptors (Lipinski definition) is 8. The highest BCUT2D eigenvalue weighted by Gasteiger charge is 2.40. The quantitative estimate of drug-likeness (QED) is 0.0766. The molecule has 15 nitrogen and oxygen atoms in total. The molecule has 3 aliphatic heterocycles. The summed E-state index contributed by atoms with van der Waals surface area (Å²) >= 11 is 0. The number of H-pyrrole nitrogens is 2. The fraction of sp³-hybridized carbons (Fsp3) is 0.440. The van der Waals surface area contributed by atoms with Gasteiger partial charge in [-0.2, -0.15) is 13.2 Å². The van der Waals surface area contributed by atoms with Gasteiger partial charge in [-0.15, -0.1) is 0 Å². The number of anilines is 1. The number of nitrogens with one attached hydrogen (secondary N) is 4. The van der Waals surface area contributed by atoms with E-state index in [1.165, 1.54) is 7.11 Å². The van der Waals surface area contributed by atoms with Crippen molar-refractivity contribution in [2.24, 2.45) is 11.8 Å². The van der Waals surface area contributed by atoms with E-state index >= 15 is 0 Å². The number of alkyl halides is 3. The minimum atomic E-state index is -4.48. The predicted octanol–water partition coefficient (Wildman–Crippen LogP) is 9.57. The van der Waals surface area contributed by atoms with Gasteiger partial charge in [0.25, 0.3) is 0 Å². The average Bonchev–Trinajstić information content (AvgIpc) is 4.18. The molecule has 0 bridgehead atoms. The van der Waals surface area contributed by atoms with Gasteiger partial charge < -0.3 is 45.1 Å². The zero-order chi connectivity index (χ0) is 48.4. The first-order valence-corrected chi connectivity index (χ1v) is 23.2. The summed E-state index contributed by atoms with van der Waals surface area (Å²) in [6.07, 6.45) is 1.53. The van der Waals surface area contributed by atoms with Crippen molar-refractivity contribution in [2.75, 3.05) is 25.1 Å². The Hall–Kier alpha value is -6.85. The Morgan fingerprint density at radius 1 is 0.662 bits per heavy atom. The van der Waals surface area contributed by atoms with Gasteiger partial charge in [0.1, 0.15) is 23.7 Å². The number of likely N-dealkylation sites (tertiary alicyclic amines) is 2. The molecule has 0 saturated carbocycles. The van der Waals surface area contributed by atoms with Crippen molar-refractivity contribution >= 4 is 29.7 Å². The molecule has 0 radical (unpaired) electrons. The van der Waals surface area contributed by atoms with Gasteiger partial charge in [-0.05, 0) is 96.9 Å². The summed E-state index contributed by atoms with van der Waals surface area (Å²) in [6.45, 7) is 8.38. The normalized spacial score (nSPS) is 20.5. The van der Waals surface area contributed by atoms with Crippen molar-refractivity contribution in [1.82, 2.24) is 40.4 Å². The average molecular weight is 938 g/mol. The molecule has 3 fully saturated rings. The highest BCUT2D eigenvalue weighted by Crippen LogP contribution is 2.48. The smallest absolute Gasteiger partial charge is 0.416 e. The van der Waals surface area contributed by atoms with Crippen LogP contribution in [0.1, 0.15) is 119 Å². The first kappa shape index (κ1) is 47.6. The van der Waals surface area contributed by atoms with E-state index in [1.54, 1.807) is 48.2 Å². The number of carbonyl (C=O) groups excluding carboxylic acids is 3. The van der Waals surface area contributed by atoms with Crippen LogP contribution in [-0.2, 0) is 20.5 Å². The van der Waals surface area contributed by atoms with Crippen molar-refractivity contribution in [3.05, 3.63) is 114 Å². The van der Waals surface area contributed by atoms with Crippen molar-refractivity contribution in [3.8, 4) is 22.5 Å². The summed E-state index contributed by atoms with van der Waals surface area (Å²) in [6, 6.07) is 18.9. The van der Waals surface area contributed by atoms with Crippen molar-refractivity contribution < 1.29 is 42.2 Å². The van der Waals surface area contributed by atoms with Crippen molar-refractivity contribution in [1.29, 1.82) is 0 Å². The summed E-state index contributed by atoms with van der Waals surface area (Å²) in [5.41, 5.74) is 5.22. The summed E-state index contributed by atoms with van der Waals surface area (Å²) in [7, 11) is 1.26. The fourth-order valence-electron chi connectivity index (χ4n) is 10.1. The first-order valence-electron chi connectivity index (χ1n) is 23.2. The third kappa shape index (κ3) is 9.90. The number of carboxylic acid groups (broad SMARTS) is 1. The lowest BCUT2D eigenvalue weighted by Gasteiger charge is -2.33. The van der Waals surface area contributed by atoms with E-state index in [1.807, 2.05) is 62.4 Å². The lowest BCUT2D eigenvalue weighted by molar-refractivity contribution is -0.138. The van der Waals surface area contributed by atoms with Crippen LogP contribution in [0, 0.1) is 11.8 Å². The molecule has 360 valence electrons. The van der Waals surface area contributed by atoms with Crippen LogP contribution in [0.5, 0.6) is 0 Å². The molecule has 0 spiro atoms. The molecule has 68 heavy (non-hydrogen) atoms. The predicted molar refractivity (Wildman–Crippen MR) is 248 cm³/mol. The van der Waals surface area contributed by atoms with Gasteiger partial charge in [0.15, 0.2) is 0 Å². The zero-order valence-electron chi connectivity index (χ0n) is 38.7. The van der Waals surface area contributed by atoms with Crippen LogP contribution in [-0.4, -0.2) is 91.1 Å². The molecule has 8 rings (SSSR count). The Bertz CT molecular complexity index is 2580. The van der Waals surface area contributed by atoms with Crippen LogP contribution < -0.4 is 15.5 Å². The SMILES string of the molecule is COC(=O)N[C@H](C(=O)N1CCC[C@H]1c1ncc(-c2ccc([C@@H]3CC[C@H](c4ccc(-c5cnc([C@@H]6CCCN6C(=O)[C@@H](NC(=O)O)C(C)C)[nH]5)cc4)N3c3ccc(C(F)(F)F)cc3)cc2)[nH]1)C(C)C. The maximum atomic E-state index is 13.7. The van der Waals surface area contributed by atoms with Gasteiger partial charge in [0, 0.05) is 18.8 Å². The fourth-order valence-corrected chi connectivity index (χ4v) is 10.1. The molecule has 2 aromatic heterocycles. The molecule has 3 aliphatic rings. The zero-order valence-corrected chi connectivity index (χ0v) is 38.7. The maximum Gasteiger partial charge on any atom is 0.416 e. The second-order valence-electron chi connectivity index (χ2n) is 18.6. The molecular weight excluding hydrogens is 880 g/mol. The molecule has 3 saturated heterocycles. The van der Waals surface area contributed by atoms with Crippen LogP contribution >= 0.6 is 0 Å². The maximum absolute atomic E-state index is 13.7. The highest BCUT2D eigenvalue weighted by atomic mass is 19.4. The minimum Gasteiger partial charge on any atom is -0.465 e. The van der Waals surface area contributed by atoms with E-state index in [4.69, 9.17) is 9.72 Å². The topological polar surface area (TPSA) is 189 Å². The van der Waals surface area contributed by atoms with Crippen LogP contribution in [0.2, 0.25) is 0 Å². The Morgan fingerprint density at radius 3 is 1.50 bits per heavy atom. The van der Waals surface area contributed by atoms with Crippen LogP contribution in [0.4, 0.5) is 28.4 Å². The number of ether oxygens (including phenoxy) is 1. The van der Waals surface area contributed by atoms with Crippen LogP contribution in [0.15, 0.2) is 85.2 Å². The van der Waals surface area contributed by atoms with E-state index in [2.05, 4.69) is 30.5 Å². The van der Waals surface area contributed by atoms with Gasteiger partial charge in [-0.3, -0.25) is 9.59 Å². The van der Waals surface area contributed by atoms with E-state index < -0.39 is 36.0 Å². The lowest BCUT2D eigenvalue weighted by atomic mass is 10.0. The number of imidazole rings is 2. The number of nitrogens with zero attached hydrogens (tertiary/aromatic N) is 5. The minimum absolute atomic E-state index is 0.151. The number of benzene rings is 3. The van der Waals surface area contributed by atoms with E-state index in [-0.39, 0.29) is 47.8 Å². The van der Waals surface area contributed by atoms with Gasteiger partial charge in [-0.25, -0.2) is 19.6 Å². The number of methoxy groups -OCH3 is 1. The standard InChI is InChI=1S/C50H58F3N9O6/c1-28(2)42(58-48(65)66)46(63)60-24-6-8-40(60)44-54-26-36(56-44)30-10-14-32(15-11-30)38-22-23-39(62(38)35-20-18-34(19-21-35)50(51,52)53)33-16-12-31(13-17-33)37-27-55-45(57-37)41-9-7-25-61(41)47(64)43(29(3)4)59-49(67)68-5/h10-21,26-29,38-43,58H,6-9,22-25H2,1-5H3,(H,54,56)(H,55,57)(H,59,67)(H,65,66)/t38-,39+,40+,41+,42+,43+/m1/s1. The summed E-state index contributed by atoms with van der Waals surface area (Å²) in [5, 5.41) is 14.4. The largest absolute Gasteiger partial charge is 0.465 e. The molecule has 0 unspecified atom stereocenters. The number of halogens is 3. The Balaban J connectivity index is 1.00. The molecule has 5 heterocycles. The van der Waals surface area contributed by atoms with Gasteiger partial charge in [0.05, 0.1) is 60.6 Å². The number of amides is 4. The van der Waals surface area contributed by atoms with Crippen molar-refractivity contribution in [3.63, 3.8) is 0 Å². The molecule has 0 aliphatic carbocycles. The summed E-state index contributed by atoms with van der Waals surface area (Å²) in [5.74, 6) is 0.408. The van der Waals surface area contributed by atoms with Crippen LogP contribution in [0.25, 0.3) is 22.5 Å². The number of hydrogen-bond donors (Lipinski definition) is 5. The number of alkyl carbamates (subject to hydrolysis) is 1. The Morgan fingerprint density at radius 2 is 1.10 bits per heavy atom. The van der Waals surface area contributed by atoms with Gasteiger partial charge in [0.2, 0.25) is 11.8 Å². The first-order chi connectivity index (χ1) is 32.5. The van der Waals surface area contributed by atoms with Crippen LogP contribution in [0.3, 0.4) is 0 Å². The second-order valence-corrected chi connectivity index (χ2v) is 18.6. The molecule has 5 aromatic rings. The monoisotopic (exact) mass is 937 g/mol. The summed E-state index contributed by atoms with van der Waals surface area (Å²) in [4.78, 5) is 72.6. The second kappa shape index (κ2) is 19.8. The lowest BCUT2D eigenvalue weighted by Crippen LogP contribution is -2.51. The number of rotatable bonds is 13. The Labute approximate surface area is 392 Å². The third-order valence-corrected chi connectivity index (χ3v) is 13.6. The number of aromatic nitrogens is 4. The van der Waals surface area contributed by atoms with E-state index in [0.29, 0.717) is 43.3 Å². The third-order valence-electron chi connectivity index (χ3n) is 13.6. The molecular formula is C50H58F3N9O6. The number of aromatic amines is 2. The van der Waals surface area contributed by atoms with E-state index in [0.717, 1.165) is 71.5 Å². The van der Waals surface area contributed by atoms with Gasteiger partial charge in [-0.1, -0.05) is 76.2 Å². The molecule has 6 atom stereocenters. The number of carbonyl (C=O) groups is 4. The molecule has 5 N–H and O–H groups in total. The van der Waals surface area contributed by atoms with E-state index in [9.17, 15) is 37.5 Å². The Kier molecular flexibility index (Phi) is 13.9. The summed E-state index contributed by atoms with van der Waals surface area (Å²) < 4.78 is 46.0.